The molecule has 0 aliphatic carbocycles. The van der Waals surface area contributed by atoms with Crippen LogP contribution in [0.2, 0.25) is 10.0 Å². The second-order valence-electron chi connectivity index (χ2n) is 4.54. The summed E-state index contributed by atoms with van der Waals surface area (Å²) >= 11 is 12.3. The summed E-state index contributed by atoms with van der Waals surface area (Å²) in [5, 5.41) is 12.6. The molecule has 0 radical (unpaired) electrons. The summed E-state index contributed by atoms with van der Waals surface area (Å²) in [7, 11) is 0. The Bertz CT molecular complexity index is 554. The number of nitrogens with zero attached hydrogens (tertiary/aromatic N) is 2. The van der Waals surface area contributed by atoms with E-state index in [0.29, 0.717) is 28.8 Å². The van der Waals surface area contributed by atoms with Gasteiger partial charge in [0.15, 0.2) is 6.19 Å². The highest BCUT2D eigenvalue weighted by atomic mass is 35.5. The normalized spacial score (nSPS) is 18.2. The van der Waals surface area contributed by atoms with Gasteiger partial charge in [0.25, 0.3) is 0 Å². The molecule has 2 rings (SSSR count). The number of halogens is 2. The van der Waals surface area contributed by atoms with Crippen molar-refractivity contribution in [3.63, 3.8) is 0 Å². The zero-order valence-corrected chi connectivity index (χ0v) is 11.9. The number of amides is 1. The number of benzene rings is 1. The molecule has 1 aliphatic heterocycles. The lowest BCUT2D eigenvalue weighted by molar-refractivity contribution is -0.114. The number of hydrogen-bond donors (Lipinski definition) is 1. The Kier molecular flexibility index (Phi) is 4.18. The molecule has 0 bridgehead atoms. The number of nitrogens with one attached hydrogen (secondary N) is 1. The maximum atomic E-state index is 11.2. The van der Waals surface area contributed by atoms with Crippen molar-refractivity contribution in [3.05, 3.63) is 27.7 Å². The van der Waals surface area contributed by atoms with Crippen molar-refractivity contribution in [1.29, 1.82) is 5.26 Å². The monoisotopic (exact) mass is 297 g/mol. The maximum absolute atomic E-state index is 11.2. The fraction of sp³-hybridized carbons (Fsp3) is 0.385. The van der Waals surface area contributed by atoms with E-state index in [-0.39, 0.29) is 11.8 Å². The van der Waals surface area contributed by atoms with Gasteiger partial charge in [0.1, 0.15) is 0 Å². The van der Waals surface area contributed by atoms with Crippen molar-refractivity contribution in [3.8, 4) is 6.19 Å². The van der Waals surface area contributed by atoms with Gasteiger partial charge < -0.3 is 10.2 Å². The van der Waals surface area contributed by atoms with Crippen molar-refractivity contribution < 1.29 is 4.79 Å². The Morgan fingerprint density at radius 1 is 1.53 bits per heavy atom. The fourth-order valence-electron chi connectivity index (χ4n) is 2.35. The molecule has 1 N–H and O–H groups in total. The molecule has 6 heteroatoms. The van der Waals surface area contributed by atoms with Crippen LogP contribution in [-0.2, 0) is 4.79 Å². The van der Waals surface area contributed by atoms with E-state index in [1.807, 2.05) is 0 Å². The summed E-state index contributed by atoms with van der Waals surface area (Å²) in [6.07, 6.45) is 2.95. The topological polar surface area (TPSA) is 56.1 Å². The van der Waals surface area contributed by atoms with Crippen LogP contribution in [0.15, 0.2) is 12.1 Å². The number of hydrogen-bond acceptors (Lipinski definition) is 3. The molecule has 1 aromatic rings. The third-order valence-corrected chi connectivity index (χ3v) is 4.00. The second-order valence-corrected chi connectivity index (χ2v) is 5.32. The molecule has 1 unspecified atom stereocenters. The average Bonchev–Trinajstić information content (AvgIpc) is 2.82. The quantitative estimate of drug-likeness (QED) is 0.853. The molecular weight excluding hydrogens is 285 g/mol. The van der Waals surface area contributed by atoms with E-state index in [1.165, 1.54) is 6.92 Å². The fourth-order valence-corrected chi connectivity index (χ4v) is 2.83. The molecule has 100 valence electrons. The molecule has 1 aromatic carbocycles. The third-order valence-electron chi connectivity index (χ3n) is 3.18. The Morgan fingerprint density at radius 3 is 2.84 bits per heavy atom. The lowest BCUT2D eigenvalue weighted by Crippen LogP contribution is -2.15. The molecule has 1 aliphatic rings. The Labute approximate surface area is 121 Å². The third kappa shape index (κ3) is 2.94. The Balaban J connectivity index is 2.39. The van der Waals surface area contributed by atoms with Gasteiger partial charge in [-0.1, -0.05) is 23.2 Å². The Morgan fingerprint density at radius 2 is 2.26 bits per heavy atom. The van der Waals surface area contributed by atoms with Gasteiger partial charge in [-0.05, 0) is 18.6 Å². The predicted molar refractivity (Wildman–Crippen MR) is 75.3 cm³/mol. The molecule has 4 nitrogen and oxygen atoms in total. The van der Waals surface area contributed by atoms with Gasteiger partial charge in [-0.25, -0.2) is 0 Å². The smallest absolute Gasteiger partial charge is 0.221 e. The second kappa shape index (κ2) is 5.68. The summed E-state index contributed by atoms with van der Waals surface area (Å²) in [4.78, 5) is 12.9. The maximum Gasteiger partial charge on any atom is 0.221 e. The van der Waals surface area contributed by atoms with Gasteiger partial charge in [-0.3, -0.25) is 4.79 Å². The molecular formula is C13H13Cl2N3O. The lowest BCUT2D eigenvalue weighted by Gasteiger charge is -2.18. The minimum absolute atomic E-state index is 0.104. The van der Waals surface area contributed by atoms with Gasteiger partial charge in [0, 0.05) is 37.2 Å². The van der Waals surface area contributed by atoms with Gasteiger partial charge in [-0.15, -0.1) is 0 Å². The molecule has 0 saturated carbocycles. The number of likely N-dealkylation sites (tertiary alicyclic amines) is 1. The summed E-state index contributed by atoms with van der Waals surface area (Å²) < 4.78 is 0. The number of carbonyl (C=O) groups is 1. The van der Waals surface area contributed by atoms with E-state index < -0.39 is 0 Å². The van der Waals surface area contributed by atoms with E-state index in [0.717, 1.165) is 12.0 Å². The zero-order chi connectivity index (χ0) is 14.0. The highest BCUT2D eigenvalue weighted by molar-refractivity contribution is 6.42. The standard InChI is InChI=1S/C13H13Cl2N3O/c1-8(19)17-11-3-2-10(14)13(15)12(11)9-4-5-18(6-9)7-16/h2-3,9H,4-6H2,1H3,(H,17,19). The lowest BCUT2D eigenvalue weighted by atomic mass is 9.96. The number of anilines is 1. The van der Waals surface area contributed by atoms with Crippen LogP contribution in [0.5, 0.6) is 0 Å². The number of carbonyl (C=O) groups excluding carboxylic acids is 1. The SMILES string of the molecule is CC(=O)Nc1ccc(Cl)c(Cl)c1C1CCN(C#N)C1. The van der Waals surface area contributed by atoms with Crippen molar-refractivity contribution in [1.82, 2.24) is 4.90 Å². The summed E-state index contributed by atoms with van der Waals surface area (Å²) in [6.45, 7) is 2.75. The first kappa shape index (κ1) is 14.0. The van der Waals surface area contributed by atoms with Gasteiger partial charge in [-0.2, -0.15) is 5.26 Å². The zero-order valence-electron chi connectivity index (χ0n) is 10.4. The molecule has 1 fully saturated rings. The summed E-state index contributed by atoms with van der Waals surface area (Å²) in [5.41, 5.74) is 1.49. The van der Waals surface area contributed by atoms with Crippen molar-refractivity contribution >= 4 is 34.8 Å². The van der Waals surface area contributed by atoms with E-state index in [2.05, 4.69) is 11.5 Å². The van der Waals surface area contributed by atoms with Crippen LogP contribution >= 0.6 is 23.2 Å². The number of nitriles is 1. The van der Waals surface area contributed by atoms with Crippen LogP contribution in [0, 0.1) is 11.5 Å². The van der Waals surface area contributed by atoms with Gasteiger partial charge in [0.05, 0.1) is 10.0 Å². The van der Waals surface area contributed by atoms with E-state index >= 15 is 0 Å². The van der Waals surface area contributed by atoms with Crippen LogP contribution in [-0.4, -0.2) is 23.9 Å². The minimum atomic E-state index is -0.158. The minimum Gasteiger partial charge on any atom is -0.326 e. The summed E-state index contributed by atoms with van der Waals surface area (Å²) in [5.74, 6) is -0.0533. The molecule has 19 heavy (non-hydrogen) atoms. The van der Waals surface area contributed by atoms with Crippen LogP contribution in [0.25, 0.3) is 0 Å². The highest BCUT2D eigenvalue weighted by Crippen LogP contribution is 2.40. The first-order valence-electron chi connectivity index (χ1n) is 5.93. The summed E-state index contributed by atoms with van der Waals surface area (Å²) in [6, 6.07) is 3.41. The van der Waals surface area contributed by atoms with Crippen LogP contribution < -0.4 is 5.32 Å². The number of rotatable bonds is 2. The molecule has 1 amide bonds. The van der Waals surface area contributed by atoms with Gasteiger partial charge >= 0.3 is 0 Å². The first-order chi connectivity index (χ1) is 9.02. The van der Waals surface area contributed by atoms with E-state index in [4.69, 9.17) is 28.5 Å². The van der Waals surface area contributed by atoms with E-state index in [9.17, 15) is 4.79 Å². The largest absolute Gasteiger partial charge is 0.326 e. The molecule has 0 aromatic heterocycles. The van der Waals surface area contributed by atoms with Crippen LogP contribution in [0.1, 0.15) is 24.8 Å². The van der Waals surface area contributed by atoms with Crippen LogP contribution in [0.4, 0.5) is 5.69 Å². The molecule has 1 atom stereocenters. The van der Waals surface area contributed by atoms with Crippen molar-refractivity contribution in [2.45, 2.75) is 19.3 Å². The predicted octanol–water partition coefficient (Wildman–Crippen LogP) is 3.22. The first-order valence-corrected chi connectivity index (χ1v) is 6.68. The Hall–Kier alpha value is -1.44. The van der Waals surface area contributed by atoms with Gasteiger partial charge in [0.2, 0.25) is 5.91 Å². The van der Waals surface area contributed by atoms with Crippen molar-refractivity contribution in [2.24, 2.45) is 0 Å². The molecule has 1 saturated heterocycles. The average molecular weight is 298 g/mol. The molecule has 1 heterocycles. The van der Waals surface area contributed by atoms with E-state index in [1.54, 1.807) is 17.0 Å². The van der Waals surface area contributed by atoms with Crippen LogP contribution in [0.3, 0.4) is 0 Å². The highest BCUT2D eigenvalue weighted by Gasteiger charge is 2.28. The molecule has 0 spiro atoms. The van der Waals surface area contributed by atoms with Crippen molar-refractivity contribution in [2.75, 3.05) is 18.4 Å².